The average Bonchev–Trinajstić information content (AvgIpc) is 3.47. The Kier molecular flexibility index (Phi) is 8.48. The lowest BCUT2D eigenvalue weighted by molar-refractivity contribution is -0.143. The molecule has 2 aliphatic carbocycles. The molecule has 1 aliphatic heterocycles. The summed E-state index contributed by atoms with van der Waals surface area (Å²) >= 11 is 0. The molecule has 1 atom stereocenters. The summed E-state index contributed by atoms with van der Waals surface area (Å²) in [5.74, 6) is -0.324. The van der Waals surface area contributed by atoms with Crippen LogP contribution in [0.15, 0.2) is 56.6 Å². The molecule has 1 heterocycles. The van der Waals surface area contributed by atoms with Crippen molar-refractivity contribution in [3.05, 3.63) is 52.1 Å². The molecule has 1 aromatic carbocycles. The fourth-order valence-corrected chi connectivity index (χ4v) is 7.79. The summed E-state index contributed by atoms with van der Waals surface area (Å²) in [5, 5.41) is 4.69. The Balaban J connectivity index is 1.82. The summed E-state index contributed by atoms with van der Waals surface area (Å²) in [4.78, 5) is 19.0. The summed E-state index contributed by atoms with van der Waals surface area (Å²) in [7, 11) is -3.59. The second kappa shape index (κ2) is 11.2. The van der Waals surface area contributed by atoms with Crippen molar-refractivity contribution in [2.24, 2.45) is 16.5 Å². The van der Waals surface area contributed by atoms with Crippen LogP contribution < -0.4 is 0 Å². The minimum absolute atomic E-state index is 0.0570. The number of oxime groups is 1. The van der Waals surface area contributed by atoms with Gasteiger partial charge in [0.05, 0.1) is 23.6 Å². The summed E-state index contributed by atoms with van der Waals surface area (Å²) < 4.78 is 34.2. The summed E-state index contributed by atoms with van der Waals surface area (Å²) in [5.41, 5.74) is 5.49. The minimum atomic E-state index is -3.59. The molecule has 1 aromatic rings. The smallest absolute Gasteiger partial charge is 0.306 e. The van der Waals surface area contributed by atoms with Gasteiger partial charge in [0.2, 0.25) is 10.0 Å². The van der Waals surface area contributed by atoms with E-state index >= 15 is 0 Å². The number of sulfonamides is 1. The van der Waals surface area contributed by atoms with Crippen molar-refractivity contribution in [2.75, 3.05) is 19.7 Å². The van der Waals surface area contributed by atoms with E-state index in [2.05, 4.69) is 25.9 Å². The van der Waals surface area contributed by atoms with Crippen LogP contribution in [0.2, 0.25) is 0 Å². The van der Waals surface area contributed by atoms with Gasteiger partial charge in [0, 0.05) is 24.6 Å². The first-order valence-corrected chi connectivity index (χ1v) is 15.6. The standard InChI is InChI=1S/C31H44N2O5S/c1-8-37-28(34)18-23-21(2)24(29-25(23)19-31(6,7)20-26(29)32-38-30(3,4)5)17-22-13-9-10-14-27(22)39(35,36)33-15-11-12-16-33/h9-10,13-14,23H,8,11-12,15-20H2,1-7H3. The third-order valence-electron chi connectivity index (χ3n) is 7.77. The molecule has 214 valence electrons. The quantitative estimate of drug-likeness (QED) is 0.281. The largest absolute Gasteiger partial charge is 0.466 e. The van der Waals surface area contributed by atoms with E-state index in [4.69, 9.17) is 9.57 Å². The summed E-state index contributed by atoms with van der Waals surface area (Å²) in [6, 6.07) is 7.33. The van der Waals surface area contributed by atoms with Crippen molar-refractivity contribution >= 4 is 21.7 Å². The highest BCUT2D eigenvalue weighted by Gasteiger charge is 2.43. The molecule has 8 heteroatoms. The molecule has 39 heavy (non-hydrogen) atoms. The molecule has 0 bridgehead atoms. The third-order valence-corrected chi connectivity index (χ3v) is 9.77. The molecule has 0 radical (unpaired) electrons. The lowest BCUT2D eigenvalue weighted by Gasteiger charge is -2.34. The normalized spacial score (nSPS) is 22.9. The molecule has 0 amide bonds. The Labute approximate surface area is 234 Å². The molecular formula is C31H44N2O5S. The molecule has 0 spiro atoms. The van der Waals surface area contributed by atoms with Gasteiger partial charge in [-0.15, -0.1) is 0 Å². The van der Waals surface area contributed by atoms with E-state index in [0.717, 1.165) is 53.7 Å². The fourth-order valence-electron chi connectivity index (χ4n) is 6.05. The van der Waals surface area contributed by atoms with E-state index in [-0.39, 0.29) is 23.7 Å². The first kappa shape index (κ1) is 29.5. The highest BCUT2D eigenvalue weighted by atomic mass is 32.2. The molecule has 1 fully saturated rings. The molecule has 4 rings (SSSR count). The zero-order chi connectivity index (χ0) is 28.6. The minimum Gasteiger partial charge on any atom is -0.466 e. The van der Waals surface area contributed by atoms with Crippen LogP contribution in [0.5, 0.6) is 0 Å². The van der Waals surface area contributed by atoms with Crippen molar-refractivity contribution in [3.63, 3.8) is 0 Å². The van der Waals surface area contributed by atoms with Crippen molar-refractivity contribution in [1.29, 1.82) is 0 Å². The van der Waals surface area contributed by atoms with Gasteiger partial charge in [-0.1, -0.05) is 48.3 Å². The molecule has 0 aromatic heterocycles. The Morgan fingerprint density at radius 2 is 1.79 bits per heavy atom. The number of ether oxygens (including phenoxy) is 1. The van der Waals surface area contributed by atoms with Crippen molar-refractivity contribution < 1.29 is 22.8 Å². The lowest BCUT2D eigenvalue weighted by atomic mass is 9.71. The van der Waals surface area contributed by atoms with Crippen LogP contribution in [0.4, 0.5) is 0 Å². The monoisotopic (exact) mass is 556 g/mol. The zero-order valence-electron chi connectivity index (χ0n) is 24.6. The van der Waals surface area contributed by atoms with E-state index in [1.165, 1.54) is 5.57 Å². The fraction of sp³-hybridized carbons (Fsp3) is 0.613. The van der Waals surface area contributed by atoms with Crippen LogP contribution in [0.25, 0.3) is 0 Å². The van der Waals surface area contributed by atoms with Crippen LogP contribution >= 0.6 is 0 Å². The average molecular weight is 557 g/mol. The Hall–Kier alpha value is -2.45. The number of benzene rings is 1. The zero-order valence-corrected chi connectivity index (χ0v) is 25.4. The SMILES string of the molecule is CCOC(=O)CC1C(C)=C(Cc2ccccc2S(=O)(=O)N2CCCC2)C2=C1CC(C)(C)CC2=NOC(C)(C)C. The van der Waals surface area contributed by atoms with Gasteiger partial charge in [0.1, 0.15) is 5.60 Å². The first-order chi connectivity index (χ1) is 18.2. The number of allylic oxidation sites excluding steroid dienone is 4. The molecule has 0 saturated carbocycles. The van der Waals surface area contributed by atoms with E-state index in [1.54, 1.807) is 16.4 Å². The number of rotatable bonds is 8. The molecule has 1 saturated heterocycles. The molecule has 0 N–H and O–H groups in total. The number of hydrogen-bond acceptors (Lipinski definition) is 6. The van der Waals surface area contributed by atoms with Crippen LogP contribution in [-0.2, 0) is 30.8 Å². The second-order valence-corrected chi connectivity index (χ2v) is 14.7. The predicted molar refractivity (Wildman–Crippen MR) is 154 cm³/mol. The van der Waals surface area contributed by atoms with Gasteiger partial charge in [0.15, 0.2) is 0 Å². The van der Waals surface area contributed by atoms with Gasteiger partial charge in [-0.05, 0) is 89.3 Å². The number of hydrogen-bond donors (Lipinski definition) is 0. The molecule has 1 unspecified atom stereocenters. The first-order valence-electron chi connectivity index (χ1n) is 14.2. The number of carbonyl (C=O) groups excluding carboxylic acids is 1. The van der Waals surface area contributed by atoms with Crippen LogP contribution in [-0.4, -0.2) is 49.7 Å². The summed E-state index contributed by atoms with van der Waals surface area (Å²) in [6.07, 6.45) is 4.05. The molecule has 3 aliphatic rings. The lowest BCUT2D eigenvalue weighted by Crippen LogP contribution is -2.29. The highest BCUT2D eigenvalue weighted by molar-refractivity contribution is 7.89. The Morgan fingerprint density at radius 1 is 1.13 bits per heavy atom. The van der Waals surface area contributed by atoms with Crippen LogP contribution in [0.3, 0.4) is 0 Å². The maximum absolute atomic E-state index is 13.6. The van der Waals surface area contributed by atoms with E-state index in [0.29, 0.717) is 31.0 Å². The van der Waals surface area contributed by atoms with E-state index in [9.17, 15) is 13.2 Å². The van der Waals surface area contributed by atoms with Crippen molar-refractivity contribution in [1.82, 2.24) is 4.31 Å². The topological polar surface area (TPSA) is 85.3 Å². The van der Waals surface area contributed by atoms with E-state index in [1.807, 2.05) is 39.8 Å². The summed E-state index contributed by atoms with van der Waals surface area (Å²) in [6.45, 7) is 15.7. The number of nitrogens with zero attached hydrogens (tertiary/aromatic N) is 2. The van der Waals surface area contributed by atoms with Gasteiger partial charge in [-0.25, -0.2) is 8.42 Å². The Morgan fingerprint density at radius 3 is 2.44 bits per heavy atom. The molecule has 7 nitrogen and oxygen atoms in total. The van der Waals surface area contributed by atoms with Gasteiger partial charge in [-0.2, -0.15) is 4.31 Å². The van der Waals surface area contributed by atoms with Gasteiger partial charge >= 0.3 is 5.97 Å². The van der Waals surface area contributed by atoms with Crippen LogP contribution in [0, 0.1) is 11.3 Å². The van der Waals surface area contributed by atoms with Crippen molar-refractivity contribution in [3.8, 4) is 0 Å². The van der Waals surface area contributed by atoms with E-state index < -0.39 is 15.6 Å². The van der Waals surface area contributed by atoms with Gasteiger partial charge < -0.3 is 9.57 Å². The molecular weight excluding hydrogens is 512 g/mol. The highest BCUT2D eigenvalue weighted by Crippen LogP contribution is 2.51. The predicted octanol–water partition coefficient (Wildman–Crippen LogP) is 6.20. The maximum Gasteiger partial charge on any atom is 0.306 e. The van der Waals surface area contributed by atoms with Gasteiger partial charge in [0.25, 0.3) is 0 Å². The number of esters is 1. The van der Waals surface area contributed by atoms with Crippen molar-refractivity contribution in [2.45, 2.75) is 97.5 Å². The number of carbonyl (C=O) groups is 1. The van der Waals surface area contributed by atoms with Gasteiger partial charge in [-0.3, -0.25) is 4.79 Å². The Bertz CT molecular complexity index is 1310. The maximum atomic E-state index is 13.6. The van der Waals surface area contributed by atoms with Crippen LogP contribution in [0.1, 0.15) is 86.1 Å². The third kappa shape index (κ3) is 6.49. The second-order valence-electron chi connectivity index (χ2n) is 12.8.